The molecule has 1 atom stereocenters. The van der Waals surface area contributed by atoms with E-state index in [1.807, 2.05) is 17.4 Å². The first-order valence-electron chi connectivity index (χ1n) is 6.81. The van der Waals surface area contributed by atoms with Crippen LogP contribution in [0, 0.1) is 5.92 Å². The molecule has 0 saturated heterocycles. The standard InChI is InChI=1S/C16H19NO2S/c1-18-13-8-12-6-11(7-14-4-3-5-20-14)10-17-16(12)15(9-13)19-2/h3-5,8-9,11,17H,6-7,10H2,1-2H3. The highest BCUT2D eigenvalue weighted by Crippen LogP contribution is 2.38. The normalized spacial score (nSPS) is 17.2. The average molecular weight is 289 g/mol. The van der Waals surface area contributed by atoms with Crippen molar-refractivity contribution in [1.82, 2.24) is 0 Å². The number of anilines is 1. The van der Waals surface area contributed by atoms with E-state index in [9.17, 15) is 0 Å². The SMILES string of the molecule is COc1cc2c(c(OC)c1)NCC(Cc1cccs1)C2. The molecule has 4 heteroatoms. The average Bonchev–Trinajstić information content (AvgIpc) is 2.98. The highest BCUT2D eigenvalue weighted by Gasteiger charge is 2.22. The number of thiophene rings is 1. The summed E-state index contributed by atoms with van der Waals surface area (Å²) in [6.45, 7) is 0.994. The van der Waals surface area contributed by atoms with Gasteiger partial charge < -0.3 is 14.8 Å². The van der Waals surface area contributed by atoms with Crippen LogP contribution in [0.4, 0.5) is 5.69 Å². The maximum absolute atomic E-state index is 5.46. The molecule has 0 amide bonds. The van der Waals surface area contributed by atoms with Crippen LogP contribution in [0.15, 0.2) is 29.6 Å². The molecule has 1 aliphatic heterocycles. The summed E-state index contributed by atoms with van der Waals surface area (Å²) in [5, 5.41) is 5.66. The minimum absolute atomic E-state index is 0.623. The Kier molecular flexibility index (Phi) is 3.83. The van der Waals surface area contributed by atoms with Crippen LogP contribution in [-0.2, 0) is 12.8 Å². The summed E-state index contributed by atoms with van der Waals surface area (Å²) < 4.78 is 10.8. The van der Waals surface area contributed by atoms with Gasteiger partial charge in [0, 0.05) is 17.5 Å². The van der Waals surface area contributed by atoms with Gasteiger partial charge in [0.05, 0.1) is 19.9 Å². The van der Waals surface area contributed by atoms with Crippen LogP contribution in [0.2, 0.25) is 0 Å². The molecular weight excluding hydrogens is 270 g/mol. The number of ether oxygens (including phenoxy) is 2. The van der Waals surface area contributed by atoms with Crippen molar-refractivity contribution in [3.8, 4) is 11.5 Å². The van der Waals surface area contributed by atoms with E-state index in [-0.39, 0.29) is 0 Å². The Labute approximate surface area is 123 Å². The van der Waals surface area contributed by atoms with Gasteiger partial charge in [-0.25, -0.2) is 0 Å². The zero-order valence-electron chi connectivity index (χ0n) is 11.8. The Balaban J connectivity index is 1.82. The second-order valence-corrected chi connectivity index (χ2v) is 6.13. The lowest BCUT2D eigenvalue weighted by Gasteiger charge is -2.27. The van der Waals surface area contributed by atoms with Crippen molar-refractivity contribution in [3.05, 3.63) is 40.1 Å². The van der Waals surface area contributed by atoms with E-state index in [2.05, 4.69) is 28.9 Å². The molecule has 0 spiro atoms. The fourth-order valence-electron chi connectivity index (χ4n) is 2.77. The fourth-order valence-corrected chi connectivity index (χ4v) is 3.59. The molecule has 0 radical (unpaired) electrons. The Hall–Kier alpha value is -1.68. The summed E-state index contributed by atoms with van der Waals surface area (Å²) >= 11 is 1.84. The predicted octanol–water partition coefficient (Wildman–Crippen LogP) is 3.59. The lowest BCUT2D eigenvalue weighted by Crippen LogP contribution is -2.25. The van der Waals surface area contributed by atoms with E-state index < -0.39 is 0 Å². The minimum Gasteiger partial charge on any atom is -0.497 e. The minimum atomic E-state index is 0.623. The summed E-state index contributed by atoms with van der Waals surface area (Å²) in [7, 11) is 3.40. The van der Waals surface area contributed by atoms with E-state index in [0.29, 0.717) is 5.92 Å². The van der Waals surface area contributed by atoms with Crippen LogP contribution >= 0.6 is 11.3 Å². The summed E-state index contributed by atoms with van der Waals surface area (Å²) in [5.74, 6) is 2.35. The van der Waals surface area contributed by atoms with Gasteiger partial charge in [-0.3, -0.25) is 0 Å². The zero-order chi connectivity index (χ0) is 13.9. The Bertz CT molecular complexity index is 580. The third kappa shape index (κ3) is 2.61. The van der Waals surface area contributed by atoms with Crippen molar-refractivity contribution in [2.75, 3.05) is 26.1 Å². The highest BCUT2D eigenvalue weighted by molar-refractivity contribution is 7.09. The summed E-state index contributed by atoms with van der Waals surface area (Å²) in [6, 6.07) is 8.39. The maximum Gasteiger partial charge on any atom is 0.145 e. The molecule has 1 aliphatic rings. The number of hydrogen-bond donors (Lipinski definition) is 1. The second kappa shape index (κ2) is 5.75. The van der Waals surface area contributed by atoms with Gasteiger partial charge in [0.2, 0.25) is 0 Å². The third-order valence-electron chi connectivity index (χ3n) is 3.76. The molecular formula is C16H19NO2S. The van der Waals surface area contributed by atoms with Crippen LogP contribution in [0.1, 0.15) is 10.4 Å². The third-order valence-corrected chi connectivity index (χ3v) is 4.66. The van der Waals surface area contributed by atoms with Gasteiger partial charge >= 0.3 is 0 Å². The van der Waals surface area contributed by atoms with Crippen LogP contribution in [0.5, 0.6) is 11.5 Å². The molecule has 1 aromatic heterocycles. The fraction of sp³-hybridized carbons (Fsp3) is 0.375. The number of benzene rings is 1. The Morgan fingerprint density at radius 1 is 1.30 bits per heavy atom. The Morgan fingerprint density at radius 2 is 2.20 bits per heavy atom. The van der Waals surface area contributed by atoms with E-state index in [1.54, 1.807) is 14.2 Å². The molecule has 1 aromatic carbocycles. The molecule has 1 N–H and O–H groups in total. The van der Waals surface area contributed by atoms with Crippen molar-refractivity contribution in [3.63, 3.8) is 0 Å². The van der Waals surface area contributed by atoms with Gasteiger partial charge in [-0.15, -0.1) is 11.3 Å². The lowest BCUT2D eigenvalue weighted by molar-refractivity contribution is 0.392. The van der Waals surface area contributed by atoms with Gasteiger partial charge in [-0.2, -0.15) is 0 Å². The second-order valence-electron chi connectivity index (χ2n) is 5.10. The molecule has 1 unspecified atom stereocenters. The van der Waals surface area contributed by atoms with Gasteiger partial charge in [-0.05, 0) is 41.8 Å². The van der Waals surface area contributed by atoms with E-state index in [0.717, 1.165) is 36.6 Å². The van der Waals surface area contributed by atoms with E-state index in [4.69, 9.17) is 9.47 Å². The molecule has 106 valence electrons. The summed E-state index contributed by atoms with van der Waals surface area (Å²) in [4.78, 5) is 1.45. The van der Waals surface area contributed by atoms with Crippen molar-refractivity contribution in [2.45, 2.75) is 12.8 Å². The van der Waals surface area contributed by atoms with Gasteiger partial charge in [0.1, 0.15) is 11.5 Å². The number of nitrogens with one attached hydrogen (secondary N) is 1. The van der Waals surface area contributed by atoms with Crippen LogP contribution in [-0.4, -0.2) is 20.8 Å². The topological polar surface area (TPSA) is 30.5 Å². The molecule has 0 aliphatic carbocycles. The van der Waals surface area contributed by atoms with Crippen molar-refractivity contribution < 1.29 is 9.47 Å². The summed E-state index contributed by atoms with van der Waals surface area (Å²) in [5.41, 5.74) is 2.41. The molecule has 20 heavy (non-hydrogen) atoms. The number of hydrogen-bond acceptors (Lipinski definition) is 4. The van der Waals surface area contributed by atoms with Crippen molar-refractivity contribution >= 4 is 17.0 Å². The van der Waals surface area contributed by atoms with Crippen LogP contribution in [0.25, 0.3) is 0 Å². The van der Waals surface area contributed by atoms with Crippen molar-refractivity contribution in [1.29, 1.82) is 0 Å². The molecule has 3 nitrogen and oxygen atoms in total. The first-order chi connectivity index (χ1) is 9.80. The first-order valence-corrected chi connectivity index (χ1v) is 7.69. The molecule has 2 heterocycles. The van der Waals surface area contributed by atoms with E-state index >= 15 is 0 Å². The van der Waals surface area contributed by atoms with Gasteiger partial charge in [0.25, 0.3) is 0 Å². The molecule has 0 bridgehead atoms. The van der Waals surface area contributed by atoms with Gasteiger partial charge in [0.15, 0.2) is 0 Å². The molecule has 0 saturated carbocycles. The number of rotatable bonds is 4. The maximum atomic E-state index is 5.46. The van der Waals surface area contributed by atoms with Crippen LogP contribution < -0.4 is 14.8 Å². The lowest BCUT2D eigenvalue weighted by atomic mass is 9.90. The quantitative estimate of drug-likeness (QED) is 0.933. The zero-order valence-corrected chi connectivity index (χ0v) is 12.6. The highest BCUT2D eigenvalue weighted by atomic mass is 32.1. The first kappa shape index (κ1) is 13.3. The smallest absolute Gasteiger partial charge is 0.145 e. The largest absolute Gasteiger partial charge is 0.497 e. The van der Waals surface area contributed by atoms with E-state index in [1.165, 1.54) is 10.4 Å². The monoisotopic (exact) mass is 289 g/mol. The van der Waals surface area contributed by atoms with Gasteiger partial charge in [-0.1, -0.05) is 6.07 Å². The Morgan fingerprint density at radius 3 is 2.90 bits per heavy atom. The predicted molar refractivity (Wildman–Crippen MR) is 83.3 cm³/mol. The van der Waals surface area contributed by atoms with Crippen LogP contribution in [0.3, 0.4) is 0 Å². The molecule has 0 fully saturated rings. The number of methoxy groups -OCH3 is 2. The number of fused-ring (bicyclic) bond motifs is 1. The summed E-state index contributed by atoms with van der Waals surface area (Å²) in [6.07, 6.45) is 2.19. The van der Waals surface area contributed by atoms with Crippen molar-refractivity contribution in [2.24, 2.45) is 5.92 Å². The molecule has 3 rings (SSSR count). The molecule has 2 aromatic rings.